The summed E-state index contributed by atoms with van der Waals surface area (Å²) >= 11 is 0. The Bertz CT molecular complexity index is 358. The van der Waals surface area contributed by atoms with Crippen LogP contribution in [0.2, 0.25) is 0 Å². The van der Waals surface area contributed by atoms with Gasteiger partial charge in [0.05, 0.1) is 0 Å². The molecule has 0 spiro atoms. The fourth-order valence-corrected chi connectivity index (χ4v) is 1.40. The zero-order chi connectivity index (χ0) is 12.0. The van der Waals surface area contributed by atoms with Crippen LogP contribution in [0.3, 0.4) is 0 Å². The highest BCUT2D eigenvalue weighted by Crippen LogP contribution is 2.09. The molecule has 0 saturated carbocycles. The van der Waals surface area contributed by atoms with Crippen LogP contribution < -0.4 is 11.5 Å². The number of rotatable bonds is 5. The standard InChI is InChI=1S/C12H20N4/c1-16(2)9-5-8-15-12(14)10-6-3-4-7-11(10)13/h3-4,6-7H,5,8-9,13H2,1-2H3,(H2,14,15). The van der Waals surface area contributed by atoms with E-state index in [1.54, 1.807) is 0 Å². The number of benzene rings is 1. The lowest BCUT2D eigenvalue weighted by atomic mass is 10.1. The van der Waals surface area contributed by atoms with E-state index < -0.39 is 0 Å². The molecule has 0 unspecified atom stereocenters. The van der Waals surface area contributed by atoms with Crippen LogP contribution in [0.5, 0.6) is 0 Å². The Hall–Kier alpha value is -1.55. The van der Waals surface area contributed by atoms with Gasteiger partial charge in [0.1, 0.15) is 5.84 Å². The number of aliphatic imine (C=N–C) groups is 1. The van der Waals surface area contributed by atoms with Crippen molar-refractivity contribution in [2.24, 2.45) is 10.7 Å². The van der Waals surface area contributed by atoms with Crippen LogP contribution in [0, 0.1) is 0 Å². The van der Waals surface area contributed by atoms with Gasteiger partial charge < -0.3 is 16.4 Å². The summed E-state index contributed by atoms with van der Waals surface area (Å²) in [4.78, 5) is 6.44. The van der Waals surface area contributed by atoms with Crippen LogP contribution in [-0.4, -0.2) is 37.9 Å². The highest BCUT2D eigenvalue weighted by Gasteiger charge is 2.01. The summed E-state index contributed by atoms with van der Waals surface area (Å²) in [5.41, 5.74) is 13.2. The number of hydrogen-bond acceptors (Lipinski definition) is 3. The molecule has 0 radical (unpaired) electrons. The Morgan fingerprint density at radius 1 is 1.31 bits per heavy atom. The molecule has 0 amide bonds. The fourth-order valence-electron chi connectivity index (χ4n) is 1.40. The molecule has 0 aliphatic carbocycles. The lowest BCUT2D eigenvalue weighted by Gasteiger charge is -2.08. The molecule has 4 heteroatoms. The molecule has 1 rings (SSSR count). The third kappa shape index (κ3) is 3.90. The van der Waals surface area contributed by atoms with Crippen LogP contribution in [0.25, 0.3) is 0 Å². The van der Waals surface area contributed by atoms with E-state index >= 15 is 0 Å². The van der Waals surface area contributed by atoms with Crippen molar-refractivity contribution in [2.45, 2.75) is 6.42 Å². The van der Waals surface area contributed by atoms with Crippen molar-refractivity contribution in [1.29, 1.82) is 0 Å². The minimum Gasteiger partial charge on any atom is -0.398 e. The minimum atomic E-state index is 0.525. The van der Waals surface area contributed by atoms with E-state index in [1.807, 2.05) is 38.4 Å². The molecule has 16 heavy (non-hydrogen) atoms. The van der Waals surface area contributed by atoms with Crippen molar-refractivity contribution in [3.63, 3.8) is 0 Å². The van der Waals surface area contributed by atoms with Gasteiger partial charge in [-0.15, -0.1) is 0 Å². The second-order valence-electron chi connectivity index (χ2n) is 4.01. The monoisotopic (exact) mass is 220 g/mol. The van der Waals surface area contributed by atoms with Crippen LogP contribution in [-0.2, 0) is 0 Å². The first-order chi connectivity index (χ1) is 7.61. The van der Waals surface area contributed by atoms with Gasteiger partial charge in [-0.25, -0.2) is 0 Å². The summed E-state index contributed by atoms with van der Waals surface area (Å²) in [7, 11) is 4.09. The molecule has 1 aromatic carbocycles. The molecule has 4 N–H and O–H groups in total. The third-order valence-corrected chi connectivity index (χ3v) is 2.28. The molecule has 0 bridgehead atoms. The average Bonchev–Trinajstić information content (AvgIpc) is 2.24. The van der Waals surface area contributed by atoms with E-state index in [0.717, 1.165) is 25.1 Å². The van der Waals surface area contributed by atoms with E-state index in [-0.39, 0.29) is 0 Å². The zero-order valence-electron chi connectivity index (χ0n) is 9.98. The van der Waals surface area contributed by atoms with Crippen LogP contribution in [0.4, 0.5) is 5.69 Å². The first-order valence-electron chi connectivity index (χ1n) is 5.41. The van der Waals surface area contributed by atoms with Crippen molar-refractivity contribution in [1.82, 2.24) is 4.90 Å². The van der Waals surface area contributed by atoms with Gasteiger partial charge >= 0.3 is 0 Å². The Labute approximate surface area is 97.0 Å². The van der Waals surface area contributed by atoms with Gasteiger partial charge in [0.2, 0.25) is 0 Å². The number of hydrogen-bond donors (Lipinski definition) is 2. The van der Waals surface area contributed by atoms with Gasteiger partial charge in [-0.1, -0.05) is 12.1 Å². The van der Waals surface area contributed by atoms with E-state index in [1.165, 1.54) is 0 Å². The molecular formula is C12H20N4. The Balaban J connectivity index is 2.54. The Kier molecular flexibility index (Phi) is 4.79. The molecule has 0 aromatic heterocycles. The van der Waals surface area contributed by atoms with Gasteiger partial charge in [-0.2, -0.15) is 0 Å². The quantitative estimate of drug-likeness (QED) is 0.336. The lowest BCUT2D eigenvalue weighted by molar-refractivity contribution is 0.403. The topological polar surface area (TPSA) is 67.6 Å². The maximum Gasteiger partial charge on any atom is 0.127 e. The van der Waals surface area contributed by atoms with Gasteiger partial charge in [-0.3, -0.25) is 4.99 Å². The van der Waals surface area contributed by atoms with Crippen molar-refractivity contribution >= 4 is 11.5 Å². The van der Waals surface area contributed by atoms with Gasteiger partial charge in [-0.05, 0) is 39.2 Å². The predicted octanol–water partition coefficient (Wildman–Crippen LogP) is 0.926. The normalized spacial score (nSPS) is 12.1. The second kappa shape index (κ2) is 6.12. The highest BCUT2D eigenvalue weighted by atomic mass is 15.0. The SMILES string of the molecule is CN(C)CCCN=C(N)c1ccccc1N. The van der Waals surface area contributed by atoms with Crippen LogP contribution in [0.15, 0.2) is 29.3 Å². The summed E-state index contributed by atoms with van der Waals surface area (Å²) in [6, 6.07) is 7.52. The van der Waals surface area contributed by atoms with E-state index in [9.17, 15) is 0 Å². The zero-order valence-corrected chi connectivity index (χ0v) is 9.98. The van der Waals surface area contributed by atoms with E-state index in [4.69, 9.17) is 11.5 Å². The molecule has 88 valence electrons. The van der Waals surface area contributed by atoms with E-state index in [0.29, 0.717) is 11.5 Å². The Morgan fingerprint density at radius 2 is 2.00 bits per heavy atom. The van der Waals surface area contributed by atoms with Crippen LogP contribution >= 0.6 is 0 Å². The van der Waals surface area contributed by atoms with Gasteiger partial charge in [0.15, 0.2) is 0 Å². The molecule has 0 aliphatic rings. The molecule has 0 atom stereocenters. The summed E-state index contributed by atoms with van der Waals surface area (Å²) in [6.07, 6.45) is 1.00. The second-order valence-corrected chi connectivity index (χ2v) is 4.01. The fraction of sp³-hybridized carbons (Fsp3) is 0.417. The minimum absolute atomic E-state index is 0.525. The number of nitrogen functional groups attached to an aromatic ring is 1. The number of anilines is 1. The van der Waals surface area contributed by atoms with Crippen molar-refractivity contribution in [3.05, 3.63) is 29.8 Å². The summed E-state index contributed by atoms with van der Waals surface area (Å²) < 4.78 is 0. The first-order valence-corrected chi connectivity index (χ1v) is 5.41. The predicted molar refractivity (Wildman–Crippen MR) is 69.6 cm³/mol. The highest BCUT2D eigenvalue weighted by molar-refractivity contribution is 6.01. The number of nitrogens with two attached hydrogens (primary N) is 2. The number of nitrogens with zero attached hydrogens (tertiary/aromatic N) is 2. The van der Waals surface area contributed by atoms with Gasteiger partial charge in [0, 0.05) is 17.8 Å². The van der Waals surface area contributed by atoms with Crippen molar-refractivity contribution in [3.8, 4) is 0 Å². The number of para-hydroxylation sites is 1. The average molecular weight is 220 g/mol. The molecular weight excluding hydrogens is 200 g/mol. The smallest absolute Gasteiger partial charge is 0.127 e. The molecule has 4 nitrogen and oxygen atoms in total. The van der Waals surface area contributed by atoms with Gasteiger partial charge in [0.25, 0.3) is 0 Å². The van der Waals surface area contributed by atoms with Crippen molar-refractivity contribution < 1.29 is 0 Å². The first kappa shape index (κ1) is 12.5. The third-order valence-electron chi connectivity index (χ3n) is 2.28. The van der Waals surface area contributed by atoms with Crippen molar-refractivity contribution in [2.75, 3.05) is 32.9 Å². The van der Waals surface area contributed by atoms with E-state index in [2.05, 4.69) is 9.89 Å². The molecule has 0 fully saturated rings. The number of amidine groups is 1. The maximum absolute atomic E-state index is 5.87. The largest absolute Gasteiger partial charge is 0.398 e. The molecule has 0 heterocycles. The molecule has 0 saturated heterocycles. The maximum atomic E-state index is 5.87. The lowest BCUT2D eigenvalue weighted by Crippen LogP contribution is -2.17. The summed E-state index contributed by atoms with van der Waals surface area (Å²) in [5, 5.41) is 0. The molecule has 1 aromatic rings. The van der Waals surface area contributed by atoms with Crippen LogP contribution in [0.1, 0.15) is 12.0 Å². The summed E-state index contributed by atoms with van der Waals surface area (Å²) in [6.45, 7) is 1.75. The molecule has 0 aliphatic heterocycles. The Morgan fingerprint density at radius 3 is 2.62 bits per heavy atom. The summed E-state index contributed by atoms with van der Waals surface area (Å²) in [5.74, 6) is 0.525.